The maximum Gasteiger partial charge on any atom is 0.489 e. The van der Waals surface area contributed by atoms with Crippen LogP contribution in [-0.4, -0.2) is 31.7 Å². The van der Waals surface area contributed by atoms with Gasteiger partial charge in [-0.3, -0.25) is 4.57 Å². The van der Waals surface area contributed by atoms with Crippen molar-refractivity contribution in [2.75, 3.05) is 5.32 Å². The molecular weight excluding hydrogens is 375 g/mol. The first-order valence-corrected chi connectivity index (χ1v) is 10.1. The standard InChI is InChI=1S/C23H25BN4O2/c1-15(2)19-14-26-23(27-22(19)25-13-17-8-5-4-6-9-17)28-16(3)12-18-20(24(29)30)10-7-11-21(18)28/h4-12,14-15,29-30H,13H2,1-3H3,(H,25,26,27). The average Bonchev–Trinajstić information content (AvgIpc) is 3.08. The molecule has 0 radical (unpaired) electrons. The van der Waals surface area contributed by atoms with Crippen molar-refractivity contribution in [1.82, 2.24) is 14.5 Å². The molecule has 0 bridgehead atoms. The molecule has 4 aromatic rings. The van der Waals surface area contributed by atoms with Crippen molar-refractivity contribution >= 4 is 29.3 Å². The summed E-state index contributed by atoms with van der Waals surface area (Å²) in [4.78, 5) is 9.48. The highest BCUT2D eigenvalue weighted by Gasteiger charge is 2.20. The zero-order valence-corrected chi connectivity index (χ0v) is 17.4. The maximum atomic E-state index is 9.72. The summed E-state index contributed by atoms with van der Waals surface area (Å²) in [6.45, 7) is 6.88. The lowest BCUT2D eigenvalue weighted by Crippen LogP contribution is -2.30. The van der Waals surface area contributed by atoms with Crippen LogP contribution in [0.4, 0.5) is 5.82 Å². The van der Waals surface area contributed by atoms with Gasteiger partial charge < -0.3 is 15.4 Å². The largest absolute Gasteiger partial charge is 0.489 e. The van der Waals surface area contributed by atoms with E-state index in [-0.39, 0.29) is 5.92 Å². The summed E-state index contributed by atoms with van der Waals surface area (Å²) >= 11 is 0. The van der Waals surface area contributed by atoms with Gasteiger partial charge in [-0.2, -0.15) is 4.98 Å². The van der Waals surface area contributed by atoms with E-state index in [0.717, 1.165) is 28.0 Å². The van der Waals surface area contributed by atoms with Crippen molar-refractivity contribution in [3.8, 4) is 5.95 Å². The van der Waals surface area contributed by atoms with Gasteiger partial charge in [-0.15, -0.1) is 0 Å². The molecule has 0 saturated carbocycles. The number of rotatable bonds is 6. The third kappa shape index (κ3) is 3.82. The minimum absolute atomic E-state index is 0.274. The zero-order valence-electron chi connectivity index (χ0n) is 17.4. The Kier molecular flexibility index (Phi) is 5.57. The Labute approximate surface area is 176 Å². The number of nitrogens with zero attached hydrogens (tertiary/aromatic N) is 3. The van der Waals surface area contributed by atoms with Crippen LogP contribution in [0.15, 0.2) is 60.8 Å². The molecule has 0 saturated heterocycles. The number of hydrogen-bond acceptors (Lipinski definition) is 5. The van der Waals surface area contributed by atoms with E-state index in [9.17, 15) is 10.0 Å². The first-order chi connectivity index (χ1) is 14.5. The third-order valence-electron chi connectivity index (χ3n) is 5.27. The van der Waals surface area contributed by atoms with E-state index in [1.165, 1.54) is 5.56 Å². The molecule has 0 atom stereocenters. The summed E-state index contributed by atoms with van der Waals surface area (Å²) in [5.74, 6) is 1.63. The lowest BCUT2D eigenvalue weighted by atomic mass is 9.78. The second-order valence-corrected chi connectivity index (χ2v) is 7.74. The van der Waals surface area contributed by atoms with Gasteiger partial charge in [-0.05, 0) is 36.0 Å². The quantitative estimate of drug-likeness (QED) is 0.433. The van der Waals surface area contributed by atoms with Gasteiger partial charge >= 0.3 is 7.12 Å². The van der Waals surface area contributed by atoms with E-state index in [1.54, 1.807) is 6.07 Å². The lowest BCUT2D eigenvalue weighted by Gasteiger charge is -2.16. The normalized spacial score (nSPS) is 11.3. The lowest BCUT2D eigenvalue weighted by molar-refractivity contribution is 0.426. The number of aryl methyl sites for hydroxylation is 1. The molecule has 0 unspecified atom stereocenters. The van der Waals surface area contributed by atoms with Crippen molar-refractivity contribution in [3.63, 3.8) is 0 Å². The Morgan fingerprint density at radius 2 is 1.83 bits per heavy atom. The molecule has 0 aliphatic rings. The van der Waals surface area contributed by atoms with E-state index in [1.807, 2.05) is 54.1 Å². The van der Waals surface area contributed by atoms with Crippen molar-refractivity contribution in [1.29, 1.82) is 0 Å². The van der Waals surface area contributed by atoms with Crippen LogP contribution < -0.4 is 10.8 Å². The van der Waals surface area contributed by atoms with Crippen LogP contribution in [0.3, 0.4) is 0 Å². The van der Waals surface area contributed by atoms with E-state index >= 15 is 0 Å². The predicted octanol–water partition coefficient (Wildman–Crippen LogP) is 3.14. The zero-order chi connectivity index (χ0) is 21.3. The van der Waals surface area contributed by atoms with Gasteiger partial charge in [-0.1, -0.05) is 56.3 Å². The molecule has 7 heteroatoms. The van der Waals surface area contributed by atoms with Gasteiger partial charge in [-0.25, -0.2) is 4.98 Å². The highest BCUT2D eigenvalue weighted by molar-refractivity contribution is 6.61. The first kappa shape index (κ1) is 20.1. The smallest absolute Gasteiger partial charge is 0.423 e. The Hall–Kier alpha value is -3.16. The van der Waals surface area contributed by atoms with Crippen molar-refractivity contribution in [3.05, 3.63) is 77.6 Å². The summed E-state index contributed by atoms with van der Waals surface area (Å²) in [6, 6.07) is 17.6. The Morgan fingerprint density at radius 3 is 2.53 bits per heavy atom. The SMILES string of the molecule is Cc1cc2c(B(O)O)cccc2n1-c1ncc(C(C)C)c(NCc2ccccc2)n1. The fraction of sp³-hybridized carbons (Fsp3) is 0.217. The molecule has 152 valence electrons. The molecule has 0 amide bonds. The monoisotopic (exact) mass is 400 g/mol. The van der Waals surface area contributed by atoms with Gasteiger partial charge in [0.15, 0.2) is 0 Å². The van der Waals surface area contributed by atoms with Gasteiger partial charge in [0.25, 0.3) is 0 Å². The first-order valence-electron chi connectivity index (χ1n) is 10.1. The summed E-state index contributed by atoms with van der Waals surface area (Å²) in [5, 5.41) is 23.7. The summed E-state index contributed by atoms with van der Waals surface area (Å²) in [7, 11) is -1.53. The van der Waals surface area contributed by atoms with Crippen LogP contribution in [0.2, 0.25) is 0 Å². The molecule has 30 heavy (non-hydrogen) atoms. The maximum absolute atomic E-state index is 9.72. The van der Waals surface area contributed by atoms with E-state index in [4.69, 9.17) is 4.98 Å². The van der Waals surface area contributed by atoms with E-state index in [0.29, 0.717) is 18.0 Å². The van der Waals surface area contributed by atoms with Gasteiger partial charge in [0.1, 0.15) is 5.82 Å². The van der Waals surface area contributed by atoms with Crippen molar-refractivity contribution in [2.45, 2.75) is 33.2 Å². The topological polar surface area (TPSA) is 83.2 Å². The Bertz CT molecular complexity index is 1170. The van der Waals surface area contributed by atoms with Crippen LogP contribution in [-0.2, 0) is 6.54 Å². The number of aromatic nitrogens is 3. The second-order valence-electron chi connectivity index (χ2n) is 7.74. The van der Waals surface area contributed by atoms with Crippen LogP contribution in [0.5, 0.6) is 0 Å². The Balaban J connectivity index is 1.78. The van der Waals surface area contributed by atoms with Crippen molar-refractivity contribution < 1.29 is 10.0 Å². The predicted molar refractivity (Wildman–Crippen MR) is 121 cm³/mol. The molecular formula is C23H25BN4O2. The molecule has 2 heterocycles. The highest BCUT2D eigenvalue weighted by Crippen LogP contribution is 2.26. The highest BCUT2D eigenvalue weighted by atomic mass is 16.4. The number of nitrogens with one attached hydrogen (secondary N) is 1. The van der Waals surface area contributed by atoms with Gasteiger partial charge in [0.2, 0.25) is 5.95 Å². The van der Waals surface area contributed by atoms with Crippen LogP contribution in [0.25, 0.3) is 16.9 Å². The molecule has 0 aliphatic heterocycles. The summed E-state index contributed by atoms with van der Waals surface area (Å²) in [5.41, 5.74) is 4.45. The summed E-state index contributed by atoms with van der Waals surface area (Å²) in [6.07, 6.45) is 1.87. The number of anilines is 1. The molecule has 6 nitrogen and oxygen atoms in total. The molecule has 4 rings (SSSR count). The van der Waals surface area contributed by atoms with Crippen LogP contribution >= 0.6 is 0 Å². The van der Waals surface area contributed by atoms with Crippen molar-refractivity contribution in [2.24, 2.45) is 0 Å². The van der Waals surface area contributed by atoms with E-state index < -0.39 is 7.12 Å². The fourth-order valence-corrected chi connectivity index (χ4v) is 3.71. The van der Waals surface area contributed by atoms with Gasteiger partial charge in [0.05, 0.1) is 5.52 Å². The fourth-order valence-electron chi connectivity index (χ4n) is 3.71. The summed E-state index contributed by atoms with van der Waals surface area (Å²) < 4.78 is 1.94. The van der Waals surface area contributed by atoms with E-state index in [2.05, 4.69) is 36.3 Å². The number of benzene rings is 2. The molecule has 2 aromatic heterocycles. The van der Waals surface area contributed by atoms with Crippen LogP contribution in [0.1, 0.15) is 36.6 Å². The minimum Gasteiger partial charge on any atom is -0.423 e. The number of fused-ring (bicyclic) bond motifs is 1. The average molecular weight is 400 g/mol. The number of hydrogen-bond donors (Lipinski definition) is 3. The molecule has 3 N–H and O–H groups in total. The Morgan fingerprint density at radius 1 is 1.07 bits per heavy atom. The molecule has 0 fully saturated rings. The van der Waals surface area contributed by atoms with Gasteiger partial charge in [0, 0.05) is 29.4 Å². The molecule has 0 spiro atoms. The van der Waals surface area contributed by atoms with Crippen LogP contribution in [0, 0.1) is 6.92 Å². The minimum atomic E-state index is -1.53. The third-order valence-corrected chi connectivity index (χ3v) is 5.27. The molecule has 0 aliphatic carbocycles. The second kappa shape index (κ2) is 8.30. The molecule has 2 aromatic carbocycles.